The van der Waals surface area contributed by atoms with Crippen LogP contribution in [0.15, 0.2) is 103 Å². The number of para-hydroxylation sites is 1. The number of hydrogen-bond donors (Lipinski definition) is 0. The zero-order valence-electron chi connectivity index (χ0n) is 22.1. The molecule has 1 heterocycles. The van der Waals surface area contributed by atoms with E-state index in [9.17, 15) is 0 Å². The molecule has 1 aromatic heterocycles. The number of benzene rings is 5. The van der Waals surface area contributed by atoms with Gasteiger partial charge in [0.25, 0.3) is 0 Å². The molecule has 1 heteroatoms. The van der Waals surface area contributed by atoms with E-state index in [0.717, 1.165) is 23.7 Å². The first kappa shape index (κ1) is 21.0. The maximum Gasteiger partial charge on any atom is 0.0588 e. The summed E-state index contributed by atoms with van der Waals surface area (Å²) in [4.78, 5) is 0. The molecular weight excluding hydrogens is 470 g/mol. The quantitative estimate of drug-likeness (QED) is 0.211. The second-order valence-electron chi connectivity index (χ2n) is 13.0. The Morgan fingerprint density at radius 3 is 2.10 bits per heavy atom. The first-order chi connectivity index (χ1) is 19.3. The molecule has 1 nitrogen and oxygen atoms in total. The van der Waals surface area contributed by atoms with Crippen LogP contribution in [0.2, 0.25) is 0 Å². The molecule has 4 bridgehead atoms. The summed E-state index contributed by atoms with van der Waals surface area (Å²) in [6.45, 7) is 0. The van der Waals surface area contributed by atoms with Gasteiger partial charge in [-0.1, -0.05) is 84.9 Å². The van der Waals surface area contributed by atoms with Crippen LogP contribution >= 0.6 is 0 Å². The molecule has 0 aliphatic heterocycles. The van der Waals surface area contributed by atoms with E-state index in [0.29, 0.717) is 0 Å². The predicted molar refractivity (Wildman–Crippen MR) is 162 cm³/mol. The lowest BCUT2D eigenvalue weighted by atomic mass is 9.43. The van der Waals surface area contributed by atoms with Gasteiger partial charge in [0.05, 0.1) is 11.0 Å². The second-order valence-corrected chi connectivity index (χ2v) is 13.0. The van der Waals surface area contributed by atoms with Crippen molar-refractivity contribution in [3.05, 3.63) is 114 Å². The van der Waals surface area contributed by atoms with Gasteiger partial charge in [-0.15, -0.1) is 0 Å². The number of fused-ring (bicyclic) bond motifs is 9. The van der Waals surface area contributed by atoms with Gasteiger partial charge in [0, 0.05) is 21.9 Å². The highest BCUT2D eigenvalue weighted by molar-refractivity contribution is 6.23. The summed E-state index contributed by atoms with van der Waals surface area (Å²) in [6, 6.07) is 39.3. The third kappa shape index (κ3) is 2.45. The highest BCUT2D eigenvalue weighted by atomic mass is 15.0. The Balaban J connectivity index is 1.43. The van der Waals surface area contributed by atoms with E-state index in [1.807, 2.05) is 0 Å². The molecule has 0 radical (unpaired) electrons. The maximum atomic E-state index is 2.63. The standard InChI is InChI=1S/C38H31N/c1-2-9-28(10-3-1)39-34-17-14-25-8-4-5-11-29(25)35(34)32-16-15-31-30-12-6-7-13-33(30)38(36(31)37(32)39)26-19-23-18-24(21-26)22-27(38)20-23/h1-17,23-24,26-27H,18-22H2. The fraction of sp³-hybridized carbons (Fsp3) is 0.263. The van der Waals surface area contributed by atoms with Crippen LogP contribution in [0, 0.1) is 23.7 Å². The lowest BCUT2D eigenvalue weighted by Crippen LogP contribution is -2.55. The van der Waals surface area contributed by atoms with E-state index in [-0.39, 0.29) is 5.41 Å². The van der Waals surface area contributed by atoms with Crippen LogP contribution in [0.25, 0.3) is 49.4 Å². The lowest BCUT2D eigenvalue weighted by Gasteiger charge is -2.61. The highest BCUT2D eigenvalue weighted by Gasteiger charge is 2.62. The van der Waals surface area contributed by atoms with Crippen LogP contribution in [0.1, 0.15) is 43.2 Å². The smallest absolute Gasteiger partial charge is 0.0588 e. The highest BCUT2D eigenvalue weighted by Crippen LogP contribution is 2.70. The van der Waals surface area contributed by atoms with Crippen molar-refractivity contribution < 1.29 is 0 Å². The van der Waals surface area contributed by atoms with Crippen molar-refractivity contribution in [2.24, 2.45) is 23.7 Å². The number of rotatable bonds is 1. The van der Waals surface area contributed by atoms with E-state index in [1.54, 1.807) is 11.1 Å². The molecule has 188 valence electrons. The largest absolute Gasteiger partial charge is 0.309 e. The minimum atomic E-state index is 0.134. The first-order valence-corrected chi connectivity index (χ1v) is 15.0. The average molecular weight is 502 g/mol. The van der Waals surface area contributed by atoms with Crippen molar-refractivity contribution in [1.29, 1.82) is 0 Å². The summed E-state index contributed by atoms with van der Waals surface area (Å²) in [7, 11) is 0. The molecule has 5 aromatic carbocycles. The van der Waals surface area contributed by atoms with E-state index in [4.69, 9.17) is 0 Å². The van der Waals surface area contributed by atoms with Gasteiger partial charge in [-0.2, -0.15) is 0 Å². The number of nitrogens with zero attached hydrogens (tertiary/aromatic N) is 1. The minimum Gasteiger partial charge on any atom is -0.309 e. The predicted octanol–water partition coefficient (Wildman–Crippen LogP) is 9.66. The molecular formula is C38H31N. The molecule has 0 atom stereocenters. The third-order valence-electron chi connectivity index (χ3n) is 11.3. The van der Waals surface area contributed by atoms with Crippen LogP contribution in [-0.2, 0) is 5.41 Å². The molecule has 0 unspecified atom stereocenters. The molecule has 4 fully saturated rings. The molecule has 5 aliphatic carbocycles. The molecule has 4 saturated carbocycles. The van der Waals surface area contributed by atoms with Gasteiger partial charge < -0.3 is 4.57 Å². The van der Waals surface area contributed by atoms with Crippen molar-refractivity contribution >= 4 is 32.6 Å². The zero-order valence-corrected chi connectivity index (χ0v) is 22.1. The van der Waals surface area contributed by atoms with Crippen LogP contribution in [0.3, 0.4) is 0 Å². The van der Waals surface area contributed by atoms with Gasteiger partial charge in [-0.25, -0.2) is 0 Å². The van der Waals surface area contributed by atoms with Gasteiger partial charge in [0.15, 0.2) is 0 Å². The molecule has 6 aromatic rings. The molecule has 39 heavy (non-hydrogen) atoms. The Kier molecular flexibility index (Phi) is 3.89. The summed E-state index contributed by atoms with van der Waals surface area (Å²) >= 11 is 0. The first-order valence-electron chi connectivity index (χ1n) is 15.0. The van der Waals surface area contributed by atoms with Gasteiger partial charge in [-0.05, 0) is 107 Å². The molecule has 0 amide bonds. The Hall–Kier alpha value is -3.84. The van der Waals surface area contributed by atoms with E-state index < -0.39 is 0 Å². The van der Waals surface area contributed by atoms with Crippen LogP contribution in [0.4, 0.5) is 0 Å². The lowest BCUT2D eigenvalue weighted by molar-refractivity contribution is -0.0394. The summed E-state index contributed by atoms with van der Waals surface area (Å²) < 4.78 is 2.63. The van der Waals surface area contributed by atoms with Crippen molar-refractivity contribution in [2.45, 2.75) is 37.5 Å². The third-order valence-corrected chi connectivity index (χ3v) is 11.3. The van der Waals surface area contributed by atoms with Crippen LogP contribution < -0.4 is 0 Å². The van der Waals surface area contributed by atoms with E-state index in [1.165, 1.54) is 81.5 Å². The Morgan fingerprint density at radius 2 is 1.28 bits per heavy atom. The molecule has 1 spiro atoms. The monoisotopic (exact) mass is 501 g/mol. The Morgan fingerprint density at radius 1 is 0.564 bits per heavy atom. The van der Waals surface area contributed by atoms with Gasteiger partial charge >= 0.3 is 0 Å². The van der Waals surface area contributed by atoms with Gasteiger partial charge in [0.1, 0.15) is 0 Å². The van der Waals surface area contributed by atoms with Gasteiger partial charge in [0.2, 0.25) is 0 Å². The van der Waals surface area contributed by atoms with Crippen molar-refractivity contribution in [2.75, 3.05) is 0 Å². The van der Waals surface area contributed by atoms with E-state index >= 15 is 0 Å². The van der Waals surface area contributed by atoms with Crippen molar-refractivity contribution in [3.8, 4) is 16.8 Å². The summed E-state index contributed by atoms with van der Waals surface area (Å²) in [6.07, 6.45) is 7.12. The van der Waals surface area contributed by atoms with Crippen molar-refractivity contribution in [1.82, 2.24) is 4.57 Å². The van der Waals surface area contributed by atoms with Crippen LogP contribution in [0.5, 0.6) is 0 Å². The summed E-state index contributed by atoms with van der Waals surface area (Å²) in [5, 5.41) is 5.52. The topological polar surface area (TPSA) is 4.93 Å². The minimum absolute atomic E-state index is 0.134. The fourth-order valence-corrected chi connectivity index (χ4v) is 10.4. The Labute approximate surface area is 229 Å². The maximum absolute atomic E-state index is 2.63. The molecule has 5 aliphatic rings. The second kappa shape index (κ2) is 7.21. The average Bonchev–Trinajstić information content (AvgIpc) is 3.47. The van der Waals surface area contributed by atoms with E-state index in [2.05, 4.69) is 108 Å². The molecule has 0 saturated heterocycles. The normalized spacial score (nSPS) is 28.1. The molecule has 11 rings (SSSR count). The fourth-order valence-electron chi connectivity index (χ4n) is 10.4. The molecule has 0 N–H and O–H groups in total. The van der Waals surface area contributed by atoms with Gasteiger partial charge in [-0.3, -0.25) is 0 Å². The van der Waals surface area contributed by atoms with Crippen LogP contribution in [-0.4, -0.2) is 4.57 Å². The zero-order chi connectivity index (χ0) is 25.3. The Bertz CT molecular complexity index is 1950. The van der Waals surface area contributed by atoms with Crippen molar-refractivity contribution in [3.63, 3.8) is 0 Å². The number of hydrogen-bond acceptors (Lipinski definition) is 0. The summed E-state index contributed by atoms with van der Waals surface area (Å²) in [5.74, 6) is 3.39. The summed E-state index contributed by atoms with van der Waals surface area (Å²) in [5.41, 5.74) is 10.5. The SMILES string of the molecule is c1ccc(-n2c3ccc4ccccc4c3c3ccc4c(c32)C2(c3ccccc3-4)C3CC4CC(C3)CC2C4)cc1. The number of aromatic nitrogens is 1.